The van der Waals surface area contributed by atoms with E-state index in [1.54, 1.807) is 68.1 Å². The second-order valence-corrected chi connectivity index (χ2v) is 8.90. The van der Waals surface area contributed by atoms with Crippen molar-refractivity contribution in [2.45, 2.75) is 11.8 Å². The monoisotopic (exact) mass is 499 g/mol. The van der Waals surface area contributed by atoms with Gasteiger partial charge in [-0.3, -0.25) is 0 Å². The van der Waals surface area contributed by atoms with E-state index in [1.165, 1.54) is 6.07 Å². The molecule has 0 bridgehead atoms. The van der Waals surface area contributed by atoms with Crippen molar-refractivity contribution in [1.82, 2.24) is 24.5 Å². The summed E-state index contributed by atoms with van der Waals surface area (Å²) in [6, 6.07) is 15.2. The molecule has 35 heavy (non-hydrogen) atoms. The molecule has 0 saturated heterocycles. The Kier molecular flexibility index (Phi) is 7.32. The fourth-order valence-corrected chi connectivity index (χ4v) is 4.52. The van der Waals surface area contributed by atoms with Crippen molar-refractivity contribution in [3.63, 3.8) is 0 Å². The Labute approximate surface area is 202 Å². The molecule has 0 spiro atoms. The van der Waals surface area contributed by atoms with Crippen molar-refractivity contribution < 1.29 is 27.4 Å². The molecular weight excluding hydrogens is 474 g/mol. The fraction of sp³-hybridized carbons (Fsp3) is 0.261. The van der Waals surface area contributed by atoms with Crippen LogP contribution < -0.4 is 23.7 Å². The van der Waals surface area contributed by atoms with E-state index in [4.69, 9.17) is 18.9 Å². The predicted octanol–water partition coefficient (Wildman–Crippen LogP) is 2.56. The number of methoxy groups -OCH3 is 2. The third kappa shape index (κ3) is 5.28. The lowest BCUT2D eigenvalue weighted by Gasteiger charge is -2.12. The van der Waals surface area contributed by atoms with Gasteiger partial charge in [0.05, 0.1) is 20.8 Å². The summed E-state index contributed by atoms with van der Waals surface area (Å²) in [5.74, 6) is 2.21. The van der Waals surface area contributed by atoms with Crippen LogP contribution >= 0.6 is 0 Å². The zero-order chi connectivity index (χ0) is 24.8. The minimum Gasteiger partial charge on any atom is -0.493 e. The molecule has 0 saturated carbocycles. The van der Waals surface area contributed by atoms with Crippen LogP contribution in [0.1, 0.15) is 6.92 Å². The van der Waals surface area contributed by atoms with Crippen molar-refractivity contribution in [3.05, 3.63) is 54.6 Å². The largest absolute Gasteiger partial charge is 0.493 e. The molecule has 11 nitrogen and oxygen atoms in total. The van der Waals surface area contributed by atoms with Gasteiger partial charge in [-0.15, -0.1) is 15.3 Å². The van der Waals surface area contributed by atoms with Crippen LogP contribution in [-0.2, 0) is 10.0 Å². The molecule has 12 heteroatoms. The number of sulfonamides is 1. The van der Waals surface area contributed by atoms with Gasteiger partial charge >= 0.3 is 0 Å². The van der Waals surface area contributed by atoms with Crippen LogP contribution in [-0.4, -0.2) is 62.2 Å². The Hall–Kier alpha value is -3.90. The summed E-state index contributed by atoms with van der Waals surface area (Å²) in [4.78, 5) is 0.0745. The molecule has 4 aromatic rings. The number of benzene rings is 2. The standard InChI is InChI=1S/C23H25N5O6S/c1-4-33-18-7-5-6-8-20(18)35(29,30)24-13-14-34-22-12-11-21-25-26-23(28(21)27-22)16-9-10-17(31-2)19(15-16)32-3/h5-12,15,24H,4,13-14H2,1-3H3. The third-order valence-corrected chi connectivity index (χ3v) is 6.46. The molecule has 0 fully saturated rings. The van der Waals surface area contributed by atoms with Gasteiger partial charge in [0.25, 0.3) is 0 Å². The second kappa shape index (κ2) is 10.6. The summed E-state index contributed by atoms with van der Waals surface area (Å²) in [6.07, 6.45) is 0. The third-order valence-electron chi connectivity index (χ3n) is 4.96. The van der Waals surface area contributed by atoms with E-state index in [2.05, 4.69) is 20.0 Å². The normalized spacial score (nSPS) is 11.4. The number of nitrogens with one attached hydrogen (secondary N) is 1. The van der Waals surface area contributed by atoms with Crippen molar-refractivity contribution in [2.75, 3.05) is 34.0 Å². The SMILES string of the molecule is CCOc1ccccc1S(=O)(=O)NCCOc1ccc2nnc(-c3ccc(OC)c(OC)c3)n2n1. The van der Waals surface area contributed by atoms with E-state index in [-0.39, 0.29) is 23.9 Å². The van der Waals surface area contributed by atoms with Crippen LogP contribution in [0.3, 0.4) is 0 Å². The summed E-state index contributed by atoms with van der Waals surface area (Å²) < 4.78 is 51.2. The topological polar surface area (TPSA) is 126 Å². The van der Waals surface area contributed by atoms with Gasteiger partial charge in [-0.2, -0.15) is 4.52 Å². The molecule has 2 heterocycles. The lowest BCUT2D eigenvalue weighted by molar-refractivity contribution is 0.305. The number of fused-ring (bicyclic) bond motifs is 1. The van der Waals surface area contributed by atoms with E-state index in [0.29, 0.717) is 35.3 Å². The highest BCUT2D eigenvalue weighted by molar-refractivity contribution is 7.89. The maximum Gasteiger partial charge on any atom is 0.244 e. The number of para-hydroxylation sites is 1. The van der Waals surface area contributed by atoms with Gasteiger partial charge < -0.3 is 18.9 Å². The summed E-state index contributed by atoms with van der Waals surface area (Å²) in [7, 11) is -0.656. The van der Waals surface area contributed by atoms with Gasteiger partial charge in [-0.25, -0.2) is 13.1 Å². The number of rotatable bonds is 11. The zero-order valence-electron chi connectivity index (χ0n) is 19.5. The highest BCUT2D eigenvalue weighted by Gasteiger charge is 2.19. The van der Waals surface area contributed by atoms with Crippen molar-refractivity contribution in [3.8, 4) is 34.5 Å². The van der Waals surface area contributed by atoms with Gasteiger partial charge in [0.1, 0.15) is 17.3 Å². The Morgan fingerprint density at radius 3 is 2.49 bits per heavy atom. The van der Waals surface area contributed by atoms with Crippen molar-refractivity contribution in [1.29, 1.82) is 0 Å². The van der Waals surface area contributed by atoms with Crippen LogP contribution in [0, 0.1) is 0 Å². The molecule has 1 N–H and O–H groups in total. The van der Waals surface area contributed by atoms with Crippen molar-refractivity contribution >= 4 is 15.7 Å². The average Bonchev–Trinajstić information content (AvgIpc) is 3.30. The summed E-state index contributed by atoms with van der Waals surface area (Å²) in [6.45, 7) is 2.24. The summed E-state index contributed by atoms with van der Waals surface area (Å²) in [5, 5.41) is 12.8. The molecule has 0 radical (unpaired) electrons. The molecule has 184 valence electrons. The van der Waals surface area contributed by atoms with E-state index >= 15 is 0 Å². The maximum atomic E-state index is 12.7. The summed E-state index contributed by atoms with van der Waals surface area (Å²) in [5.41, 5.74) is 1.25. The lowest BCUT2D eigenvalue weighted by atomic mass is 10.2. The molecular formula is C23H25N5O6S. The lowest BCUT2D eigenvalue weighted by Crippen LogP contribution is -2.28. The van der Waals surface area contributed by atoms with Crippen LogP contribution in [0.4, 0.5) is 0 Å². The number of ether oxygens (including phenoxy) is 4. The van der Waals surface area contributed by atoms with Gasteiger partial charge in [0.2, 0.25) is 15.9 Å². The molecule has 2 aromatic heterocycles. The Morgan fingerprint density at radius 1 is 0.914 bits per heavy atom. The minimum absolute atomic E-state index is 0.0349. The number of aromatic nitrogens is 4. The van der Waals surface area contributed by atoms with Gasteiger partial charge in [0.15, 0.2) is 23.0 Å². The number of nitrogens with zero attached hydrogens (tertiary/aromatic N) is 4. The van der Waals surface area contributed by atoms with E-state index in [9.17, 15) is 8.42 Å². The Balaban J connectivity index is 1.46. The molecule has 0 aliphatic carbocycles. The second-order valence-electron chi connectivity index (χ2n) is 7.16. The highest BCUT2D eigenvalue weighted by Crippen LogP contribution is 2.31. The molecule has 0 amide bonds. The zero-order valence-corrected chi connectivity index (χ0v) is 20.3. The minimum atomic E-state index is -3.77. The first kappa shape index (κ1) is 24.2. The van der Waals surface area contributed by atoms with Crippen LogP contribution in [0.25, 0.3) is 17.0 Å². The molecule has 0 aliphatic heterocycles. The highest BCUT2D eigenvalue weighted by atomic mass is 32.2. The Bertz CT molecular complexity index is 1420. The smallest absolute Gasteiger partial charge is 0.244 e. The van der Waals surface area contributed by atoms with Crippen LogP contribution in [0.2, 0.25) is 0 Å². The first-order chi connectivity index (χ1) is 17.0. The summed E-state index contributed by atoms with van der Waals surface area (Å²) >= 11 is 0. The molecule has 2 aromatic carbocycles. The quantitative estimate of drug-likeness (QED) is 0.310. The fourth-order valence-electron chi connectivity index (χ4n) is 3.36. The number of hydrogen-bond donors (Lipinski definition) is 1. The first-order valence-electron chi connectivity index (χ1n) is 10.8. The van der Waals surface area contributed by atoms with E-state index in [1.807, 2.05) is 6.07 Å². The maximum absolute atomic E-state index is 12.7. The van der Waals surface area contributed by atoms with E-state index < -0.39 is 10.0 Å². The van der Waals surface area contributed by atoms with Gasteiger partial charge in [-0.05, 0) is 43.3 Å². The van der Waals surface area contributed by atoms with Gasteiger partial charge in [0, 0.05) is 18.2 Å². The van der Waals surface area contributed by atoms with Crippen LogP contribution in [0.5, 0.6) is 23.1 Å². The predicted molar refractivity (Wildman–Crippen MR) is 128 cm³/mol. The average molecular weight is 500 g/mol. The molecule has 0 atom stereocenters. The molecule has 0 aliphatic rings. The first-order valence-corrected chi connectivity index (χ1v) is 12.2. The van der Waals surface area contributed by atoms with Crippen LogP contribution in [0.15, 0.2) is 59.5 Å². The molecule has 4 rings (SSSR count). The molecule has 0 unspecified atom stereocenters. The van der Waals surface area contributed by atoms with Crippen molar-refractivity contribution in [2.24, 2.45) is 0 Å². The van der Waals surface area contributed by atoms with Gasteiger partial charge in [-0.1, -0.05) is 12.1 Å². The number of hydrogen-bond acceptors (Lipinski definition) is 9. The Morgan fingerprint density at radius 2 is 1.71 bits per heavy atom. The van der Waals surface area contributed by atoms with E-state index in [0.717, 1.165) is 5.56 Å².